The molecule has 0 bridgehead atoms. The fourth-order valence-electron chi connectivity index (χ4n) is 2.34. The lowest BCUT2D eigenvalue weighted by Gasteiger charge is -2.26. The normalized spacial score (nSPS) is 14.6. The Labute approximate surface area is 170 Å². The number of carbonyl (C=O) groups is 3. The number of hydrogen-bond acceptors (Lipinski definition) is 7. The first-order valence-corrected chi connectivity index (χ1v) is 9.35. The highest BCUT2D eigenvalue weighted by Gasteiger charge is 2.30. The fraction of sp³-hybridized carbons (Fsp3) is 0.706. The molecule has 0 rings (SSSR count). The Kier molecular flexibility index (Phi) is 12.9. The third-order valence-electron chi connectivity index (χ3n) is 4.29. The quantitative estimate of drug-likeness (QED) is 0.0821. The van der Waals surface area contributed by atoms with E-state index in [9.17, 15) is 24.3 Å². The van der Waals surface area contributed by atoms with Crippen LogP contribution in [0.4, 0.5) is 0 Å². The minimum absolute atomic E-state index is 0.176. The second-order valence-electron chi connectivity index (χ2n) is 6.57. The molecule has 0 spiro atoms. The highest BCUT2D eigenvalue weighted by atomic mass is 16.3. The number of nitrogens with one attached hydrogen (secondary N) is 5. The van der Waals surface area contributed by atoms with Crippen LogP contribution in [0.5, 0.6) is 0 Å². The van der Waals surface area contributed by atoms with Gasteiger partial charge in [-0.25, -0.2) is 0 Å². The molecule has 0 saturated carbocycles. The summed E-state index contributed by atoms with van der Waals surface area (Å²) in [5, 5.41) is 26.1. The van der Waals surface area contributed by atoms with Gasteiger partial charge in [-0.2, -0.15) is 0 Å². The van der Waals surface area contributed by atoms with Gasteiger partial charge in [0.2, 0.25) is 24.0 Å². The Hall–Kier alpha value is -2.73. The van der Waals surface area contributed by atoms with Gasteiger partial charge in [0, 0.05) is 6.54 Å². The van der Waals surface area contributed by atoms with Crippen molar-refractivity contribution >= 4 is 30.0 Å². The van der Waals surface area contributed by atoms with E-state index >= 15 is 0 Å². The van der Waals surface area contributed by atoms with Crippen LogP contribution in [0.3, 0.4) is 0 Å². The number of amides is 3. The second kappa shape index (κ2) is 14.3. The van der Waals surface area contributed by atoms with Crippen LogP contribution in [0.15, 0.2) is 0 Å². The van der Waals surface area contributed by atoms with E-state index in [4.69, 9.17) is 16.9 Å². The predicted octanol–water partition coefficient (Wildman–Crippen LogP) is -3.19. The molecule has 0 aliphatic heterocycles. The van der Waals surface area contributed by atoms with Crippen LogP contribution >= 0.6 is 0 Å². The maximum absolute atomic E-state index is 12.6. The largest absolute Gasteiger partial charge is 0.394 e. The summed E-state index contributed by atoms with van der Waals surface area (Å²) in [6, 6.07) is -3.11. The zero-order valence-electron chi connectivity index (χ0n) is 16.8. The first-order chi connectivity index (χ1) is 13.7. The molecule has 165 valence electrons. The van der Waals surface area contributed by atoms with E-state index < -0.39 is 42.5 Å². The molecule has 0 heterocycles. The van der Waals surface area contributed by atoms with E-state index in [1.165, 1.54) is 6.29 Å². The second-order valence-corrected chi connectivity index (χ2v) is 6.57. The summed E-state index contributed by atoms with van der Waals surface area (Å²) in [5.41, 5.74) is 11.0. The molecule has 0 aliphatic rings. The zero-order chi connectivity index (χ0) is 22.4. The van der Waals surface area contributed by atoms with E-state index in [1.807, 2.05) is 6.92 Å². The van der Waals surface area contributed by atoms with Gasteiger partial charge in [-0.3, -0.25) is 24.6 Å². The maximum atomic E-state index is 12.6. The molecule has 0 fully saturated rings. The van der Waals surface area contributed by atoms with Gasteiger partial charge in [-0.15, -0.1) is 0 Å². The molecule has 29 heavy (non-hydrogen) atoms. The summed E-state index contributed by atoms with van der Waals surface area (Å²) in [5.74, 6) is -2.37. The molecule has 12 heteroatoms. The number of rotatable bonds is 14. The molecule has 4 atom stereocenters. The van der Waals surface area contributed by atoms with Gasteiger partial charge in [0.15, 0.2) is 5.96 Å². The van der Waals surface area contributed by atoms with Crippen molar-refractivity contribution in [2.24, 2.45) is 17.4 Å². The third kappa shape index (κ3) is 10.4. The molecular formula is C17H32N7O5. The highest BCUT2D eigenvalue weighted by Crippen LogP contribution is 2.09. The summed E-state index contributed by atoms with van der Waals surface area (Å²) < 4.78 is 0. The number of nitrogens with two attached hydrogens (primary N) is 2. The van der Waals surface area contributed by atoms with Crippen LogP contribution in [0.2, 0.25) is 0 Å². The standard InChI is InChI=1S/C17H32N7O5/c1-3-10(2)13(16(29)23-12(9-26)15(28)21-7-8-25)24-14(27)11(18)5-4-6-22-17(19)20/h10-13,26H,3-7,9,18H2,1-2H3,(H,21,28)(H,23,29)(H,24,27)(H4,19,20,22)/t10-,11-,12-,13-/m0/s1. The molecular weight excluding hydrogens is 382 g/mol. The topological polar surface area (TPSA) is 213 Å². The summed E-state index contributed by atoms with van der Waals surface area (Å²) in [7, 11) is 0. The minimum atomic E-state index is -1.27. The van der Waals surface area contributed by atoms with E-state index in [2.05, 4.69) is 21.3 Å². The monoisotopic (exact) mass is 414 g/mol. The first kappa shape index (κ1) is 26.3. The molecule has 0 unspecified atom stereocenters. The zero-order valence-corrected chi connectivity index (χ0v) is 16.8. The highest BCUT2D eigenvalue weighted by molar-refractivity contribution is 5.93. The molecule has 0 aromatic carbocycles. The van der Waals surface area contributed by atoms with Crippen LogP contribution in [0, 0.1) is 11.3 Å². The van der Waals surface area contributed by atoms with Gasteiger partial charge in [0.05, 0.1) is 19.2 Å². The lowest BCUT2D eigenvalue weighted by atomic mass is 9.97. The van der Waals surface area contributed by atoms with Crippen molar-refractivity contribution in [2.45, 2.75) is 51.2 Å². The third-order valence-corrected chi connectivity index (χ3v) is 4.29. The summed E-state index contributed by atoms with van der Waals surface area (Å²) in [6.45, 7) is 2.92. The minimum Gasteiger partial charge on any atom is -0.394 e. The molecule has 0 aromatic heterocycles. The Morgan fingerprint density at radius 2 is 1.79 bits per heavy atom. The molecule has 0 saturated heterocycles. The Balaban J connectivity index is 4.90. The Bertz CT molecular complexity index is 572. The van der Waals surface area contributed by atoms with Crippen LogP contribution in [-0.2, 0) is 19.2 Å². The van der Waals surface area contributed by atoms with Crippen molar-refractivity contribution in [1.82, 2.24) is 21.3 Å². The maximum Gasteiger partial charge on any atom is 0.245 e. The number of aliphatic hydroxyl groups excluding tert-OH is 1. The lowest BCUT2D eigenvalue weighted by Crippen LogP contribution is -2.58. The van der Waals surface area contributed by atoms with Gasteiger partial charge in [0.25, 0.3) is 0 Å². The molecule has 12 nitrogen and oxygen atoms in total. The Morgan fingerprint density at radius 1 is 1.14 bits per heavy atom. The molecule has 0 aliphatic carbocycles. The first-order valence-electron chi connectivity index (χ1n) is 9.35. The lowest BCUT2D eigenvalue weighted by molar-refractivity contribution is -0.134. The van der Waals surface area contributed by atoms with Crippen molar-refractivity contribution in [2.75, 3.05) is 19.7 Å². The fourth-order valence-corrected chi connectivity index (χ4v) is 2.34. The van der Waals surface area contributed by atoms with Gasteiger partial charge >= 0.3 is 0 Å². The molecule has 3 amide bonds. The van der Waals surface area contributed by atoms with Gasteiger partial charge in [-0.1, -0.05) is 20.3 Å². The number of guanidine groups is 1. The average Bonchev–Trinajstić information content (AvgIpc) is 2.69. The molecule has 0 aromatic rings. The van der Waals surface area contributed by atoms with E-state index in [0.717, 1.165) is 0 Å². The number of carbonyl (C=O) groups excluding carboxylic acids is 4. The van der Waals surface area contributed by atoms with Crippen molar-refractivity contribution in [1.29, 1.82) is 5.41 Å². The summed E-state index contributed by atoms with van der Waals surface area (Å²) >= 11 is 0. The Morgan fingerprint density at radius 3 is 2.31 bits per heavy atom. The number of hydrogen-bond donors (Lipinski definition) is 8. The van der Waals surface area contributed by atoms with Gasteiger partial charge in [-0.05, 0) is 18.8 Å². The van der Waals surface area contributed by atoms with E-state index in [0.29, 0.717) is 25.8 Å². The van der Waals surface area contributed by atoms with Crippen molar-refractivity contribution in [3.63, 3.8) is 0 Å². The van der Waals surface area contributed by atoms with E-state index in [1.54, 1.807) is 6.92 Å². The van der Waals surface area contributed by atoms with Crippen LogP contribution < -0.4 is 32.7 Å². The summed E-state index contributed by atoms with van der Waals surface area (Å²) in [4.78, 5) is 47.0. The van der Waals surface area contributed by atoms with Crippen molar-refractivity contribution < 1.29 is 24.3 Å². The average molecular weight is 414 g/mol. The smallest absolute Gasteiger partial charge is 0.245 e. The van der Waals surface area contributed by atoms with Crippen LogP contribution in [0.1, 0.15) is 33.1 Å². The van der Waals surface area contributed by atoms with Crippen LogP contribution in [-0.4, -0.2) is 72.9 Å². The van der Waals surface area contributed by atoms with Gasteiger partial charge < -0.3 is 37.8 Å². The summed E-state index contributed by atoms with van der Waals surface area (Å²) in [6.07, 6.45) is 2.84. The van der Waals surface area contributed by atoms with Crippen molar-refractivity contribution in [3.8, 4) is 0 Å². The predicted molar refractivity (Wildman–Crippen MR) is 106 cm³/mol. The van der Waals surface area contributed by atoms with E-state index in [-0.39, 0.29) is 18.4 Å². The van der Waals surface area contributed by atoms with Gasteiger partial charge in [0.1, 0.15) is 12.1 Å². The number of aliphatic hydroxyl groups is 1. The van der Waals surface area contributed by atoms with Crippen LogP contribution in [0.25, 0.3) is 0 Å². The molecule has 1 radical (unpaired) electrons. The van der Waals surface area contributed by atoms with Crippen molar-refractivity contribution in [3.05, 3.63) is 0 Å². The SMILES string of the molecule is CC[C@H](C)[C@H](NC(=O)[C@@H](N)CCCNC(=N)N)C(=O)N[C@@H](CO)C(=O)NC[C]=O. The molecule has 10 N–H and O–H groups in total.